The van der Waals surface area contributed by atoms with Gasteiger partial charge in [-0.1, -0.05) is 75.8 Å². The number of para-hydroxylation sites is 3. The third-order valence-electron chi connectivity index (χ3n) is 5.87. The van der Waals surface area contributed by atoms with Crippen LogP contribution in [-0.2, 0) is 16.1 Å². The molecule has 3 rings (SSSR count). The molecule has 0 saturated heterocycles. The topological polar surface area (TPSA) is 53.2 Å². The zero-order chi connectivity index (χ0) is 22.6. The monoisotopic (exact) mass is 436 g/mol. The quantitative estimate of drug-likeness (QED) is 0.221. The first-order chi connectivity index (χ1) is 15.7. The van der Waals surface area contributed by atoms with Gasteiger partial charge in [-0.15, -0.1) is 0 Å². The highest BCUT2D eigenvalue weighted by Gasteiger charge is 2.13. The lowest BCUT2D eigenvalue weighted by molar-refractivity contribution is -0.143. The number of nitrogens with zero attached hydrogens (tertiary/aromatic N) is 2. The fraction of sp³-hybridized carbons (Fsp3) is 0.481. The van der Waals surface area contributed by atoms with E-state index in [1.54, 1.807) is 4.57 Å². The highest BCUT2D eigenvalue weighted by Crippen LogP contribution is 2.18. The molecule has 3 aromatic rings. The van der Waals surface area contributed by atoms with Crippen LogP contribution >= 0.6 is 0 Å². The Kier molecular flexibility index (Phi) is 9.60. The standard InChI is InChI=1S/C27H36N2O3/c1-2-3-4-15-22-32-26(30)20-11-6-5-7-14-21-28-24-18-12-13-19-25(24)29(27(28)31)23-16-9-8-10-17-23/h8-10,12-13,16-19H,2-7,11,14-15,20-22H2,1H3. The van der Waals surface area contributed by atoms with Crippen LogP contribution in [0.2, 0.25) is 0 Å². The molecule has 0 amide bonds. The van der Waals surface area contributed by atoms with Crippen molar-refractivity contribution in [1.82, 2.24) is 9.13 Å². The first kappa shape index (κ1) is 23.8. The average Bonchev–Trinajstić information content (AvgIpc) is 3.10. The number of unbranched alkanes of at least 4 members (excludes halogenated alkanes) is 7. The van der Waals surface area contributed by atoms with Crippen molar-refractivity contribution < 1.29 is 9.53 Å². The number of aryl methyl sites for hydroxylation is 1. The molecule has 0 spiro atoms. The molecule has 0 fully saturated rings. The number of hydrogen-bond donors (Lipinski definition) is 0. The van der Waals surface area contributed by atoms with Crippen molar-refractivity contribution in [2.75, 3.05) is 6.61 Å². The van der Waals surface area contributed by atoms with Crippen LogP contribution < -0.4 is 5.69 Å². The van der Waals surface area contributed by atoms with Gasteiger partial charge < -0.3 is 4.74 Å². The molecule has 0 saturated carbocycles. The van der Waals surface area contributed by atoms with Crippen LogP contribution in [0, 0.1) is 0 Å². The third kappa shape index (κ3) is 6.59. The number of carbonyl (C=O) groups is 1. The molecule has 0 radical (unpaired) electrons. The first-order valence-electron chi connectivity index (χ1n) is 12.1. The fourth-order valence-corrected chi connectivity index (χ4v) is 4.11. The fourth-order valence-electron chi connectivity index (χ4n) is 4.11. The molecule has 5 heteroatoms. The average molecular weight is 437 g/mol. The summed E-state index contributed by atoms with van der Waals surface area (Å²) in [7, 11) is 0. The Labute approximate surface area is 191 Å². The molecule has 0 aliphatic heterocycles. The maximum atomic E-state index is 13.1. The van der Waals surface area contributed by atoms with Gasteiger partial charge in [-0.2, -0.15) is 0 Å². The second-order valence-electron chi connectivity index (χ2n) is 8.39. The van der Waals surface area contributed by atoms with E-state index in [1.165, 1.54) is 12.8 Å². The van der Waals surface area contributed by atoms with Gasteiger partial charge in [0.15, 0.2) is 0 Å². The van der Waals surface area contributed by atoms with Crippen molar-refractivity contribution in [3.05, 3.63) is 65.1 Å². The van der Waals surface area contributed by atoms with Crippen molar-refractivity contribution >= 4 is 17.0 Å². The number of benzene rings is 2. The van der Waals surface area contributed by atoms with E-state index in [2.05, 4.69) is 6.92 Å². The maximum absolute atomic E-state index is 13.1. The van der Waals surface area contributed by atoms with Gasteiger partial charge in [-0.05, 0) is 43.5 Å². The van der Waals surface area contributed by atoms with E-state index in [1.807, 2.05) is 59.2 Å². The van der Waals surface area contributed by atoms with Crippen LogP contribution in [0.3, 0.4) is 0 Å². The largest absolute Gasteiger partial charge is 0.466 e. The Morgan fingerprint density at radius 1 is 0.781 bits per heavy atom. The van der Waals surface area contributed by atoms with Crippen molar-refractivity contribution in [3.8, 4) is 5.69 Å². The van der Waals surface area contributed by atoms with Crippen molar-refractivity contribution in [3.63, 3.8) is 0 Å². The molecule has 172 valence electrons. The van der Waals surface area contributed by atoms with Gasteiger partial charge in [0.1, 0.15) is 0 Å². The van der Waals surface area contributed by atoms with Gasteiger partial charge in [0.2, 0.25) is 0 Å². The molecule has 1 heterocycles. The number of aromatic nitrogens is 2. The lowest BCUT2D eigenvalue weighted by Gasteiger charge is -2.05. The maximum Gasteiger partial charge on any atom is 0.333 e. The highest BCUT2D eigenvalue weighted by molar-refractivity contribution is 5.78. The van der Waals surface area contributed by atoms with Crippen LogP contribution in [0.5, 0.6) is 0 Å². The summed E-state index contributed by atoms with van der Waals surface area (Å²) >= 11 is 0. The van der Waals surface area contributed by atoms with E-state index in [-0.39, 0.29) is 11.7 Å². The zero-order valence-electron chi connectivity index (χ0n) is 19.3. The van der Waals surface area contributed by atoms with Crippen LogP contribution in [-0.4, -0.2) is 21.7 Å². The lowest BCUT2D eigenvalue weighted by Crippen LogP contribution is -2.23. The van der Waals surface area contributed by atoms with E-state index in [0.29, 0.717) is 19.6 Å². The van der Waals surface area contributed by atoms with Crippen LogP contribution in [0.1, 0.15) is 71.1 Å². The summed E-state index contributed by atoms with van der Waals surface area (Å²) < 4.78 is 8.97. The molecule has 0 N–H and O–H groups in total. The van der Waals surface area contributed by atoms with E-state index in [9.17, 15) is 9.59 Å². The number of esters is 1. The molecular weight excluding hydrogens is 400 g/mol. The second kappa shape index (κ2) is 12.9. The minimum absolute atomic E-state index is 0.0130. The summed E-state index contributed by atoms with van der Waals surface area (Å²) in [5, 5.41) is 0. The van der Waals surface area contributed by atoms with Gasteiger partial charge in [0.25, 0.3) is 0 Å². The second-order valence-corrected chi connectivity index (χ2v) is 8.39. The minimum Gasteiger partial charge on any atom is -0.466 e. The van der Waals surface area contributed by atoms with Crippen molar-refractivity contribution in [2.45, 2.75) is 77.7 Å². The number of imidazole rings is 1. The summed E-state index contributed by atoms with van der Waals surface area (Å²) in [5.41, 5.74) is 2.82. The van der Waals surface area contributed by atoms with E-state index >= 15 is 0 Å². The summed E-state index contributed by atoms with van der Waals surface area (Å²) in [6, 6.07) is 17.8. The summed E-state index contributed by atoms with van der Waals surface area (Å²) in [6.45, 7) is 3.44. The summed E-state index contributed by atoms with van der Waals surface area (Å²) in [4.78, 5) is 24.9. The van der Waals surface area contributed by atoms with Gasteiger partial charge in [0, 0.05) is 13.0 Å². The lowest BCUT2D eigenvalue weighted by atomic mass is 10.1. The number of hydrogen-bond acceptors (Lipinski definition) is 3. The van der Waals surface area contributed by atoms with E-state index < -0.39 is 0 Å². The molecule has 0 atom stereocenters. The Morgan fingerprint density at radius 3 is 2.22 bits per heavy atom. The number of carbonyl (C=O) groups excluding carboxylic acids is 1. The summed E-state index contributed by atoms with van der Waals surface area (Å²) in [5.74, 6) is -0.0678. The number of rotatable bonds is 14. The molecule has 0 aliphatic carbocycles. The van der Waals surface area contributed by atoms with Gasteiger partial charge in [0.05, 0.1) is 23.3 Å². The van der Waals surface area contributed by atoms with Gasteiger partial charge in [-0.3, -0.25) is 13.9 Å². The molecular formula is C27H36N2O3. The minimum atomic E-state index is -0.0678. The van der Waals surface area contributed by atoms with Gasteiger partial charge in [-0.25, -0.2) is 4.79 Å². The summed E-state index contributed by atoms with van der Waals surface area (Å²) in [6.07, 6.45) is 9.97. The molecule has 0 unspecified atom stereocenters. The predicted octanol–water partition coefficient (Wildman–Crippen LogP) is 6.26. The smallest absolute Gasteiger partial charge is 0.333 e. The Bertz CT molecular complexity index is 1020. The molecule has 5 nitrogen and oxygen atoms in total. The van der Waals surface area contributed by atoms with E-state index in [4.69, 9.17) is 4.74 Å². The van der Waals surface area contributed by atoms with Gasteiger partial charge >= 0.3 is 11.7 Å². The Hall–Kier alpha value is -2.82. The zero-order valence-corrected chi connectivity index (χ0v) is 19.3. The molecule has 0 aliphatic rings. The Balaban J connectivity index is 1.42. The highest BCUT2D eigenvalue weighted by atomic mass is 16.5. The van der Waals surface area contributed by atoms with Crippen LogP contribution in [0.25, 0.3) is 16.7 Å². The van der Waals surface area contributed by atoms with Crippen LogP contribution in [0.15, 0.2) is 59.4 Å². The number of fused-ring (bicyclic) bond motifs is 1. The molecule has 32 heavy (non-hydrogen) atoms. The molecule has 2 aromatic carbocycles. The SMILES string of the molecule is CCCCCCOC(=O)CCCCCCCn1c(=O)n(-c2ccccc2)c2ccccc21. The first-order valence-corrected chi connectivity index (χ1v) is 12.1. The molecule has 1 aromatic heterocycles. The normalized spacial score (nSPS) is 11.2. The van der Waals surface area contributed by atoms with Crippen molar-refractivity contribution in [2.24, 2.45) is 0 Å². The predicted molar refractivity (Wildman–Crippen MR) is 130 cm³/mol. The molecule has 0 bridgehead atoms. The van der Waals surface area contributed by atoms with Crippen LogP contribution in [0.4, 0.5) is 0 Å². The number of ether oxygens (including phenoxy) is 1. The third-order valence-corrected chi connectivity index (χ3v) is 5.87. The van der Waals surface area contributed by atoms with Crippen molar-refractivity contribution in [1.29, 1.82) is 0 Å². The Morgan fingerprint density at radius 2 is 1.44 bits per heavy atom. The van der Waals surface area contributed by atoms with E-state index in [0.717, 1.165) is 61.7 Å².